The van der Waals surface area contributed by atoms with Crippen molar-refractivity contribution in [3.05, 3.63) is 24.0 Å². The van der Waals surface area contributed by atoms with E-state index in [-0.39, 0.29) is 18.7 Å². The van der Waals surface area contributed by atoms with Crippen LogP contribution in [0.4, 0.5) is 18.9 Å². The molecule has 0 fully saturated rings. The van der Waals surface area contributed by atoms with Crippen molar-refractivity contribution in [1.82, 2.24) is 10.3 Å². The zero-order valence-corrected chi connectivity index (χ0v) is 10.5. The number of nitrogens with one attached hydrogen (secondary N) is 2. The fraction of sp³-hybridized carbons (Fsp3) is 0.500. The van der Waals surface area contributed by atoms with Crippen molar-refractivity contribution in [3.8, 4) is 0 Å². The number of amides is 1. The van der Waals surface area contributed by atoms with Crippen LogP contribution in [0, 0.1) is 0 Å². The first-order valence-corrected chi connectivity index (χ1v) is 5.97. The number of nitrogens with zero attached hydrogens (tertiary/aromatic N) is 1. The fourth-order valence-corrected chi connectivity index (χ4v) is 1.45. The minimum atomic E-state index is -4.19. The lowest BCUT2D eigenvalue weighted by Gasteiger charge is -2.08. The van der Waals surface area contributed by atoms with Crippen molar-refractivity contribution >= 4 is 11.6 Å². The molecule has 0 bridgehead atoms. The van der Waals surface area contributed by atoms with Crippen LogP contribution < -0.4 is 10.6 Å². The van der Waals surface area contributed by atoms with Crippen LogP contribution in [0.25, 0.3) is 0 Å². The molecule has 1 rings (SSSR count). The number of hydrogen-bond donors (Lipinski definition) is 2. The zero-order valence-electron chi connectivity index (χ0n) is 10.5. The van der Waals surface area contributed by atoms with Gasteiger partial charge in [0, 0.05) is 31.4 Å². The van der Waals surface area contributed by atoms with Gasteiger partial charge in [-0.2, -0.15) is 13.2 Å². The zero-order chi connectivity index (χ0) is 14.3. The molecule has 1 amide bonds. The Morgan fingerprint density at radius 1 is 1.42 bits per heavy atom. The number of alkyl halides is 3. The van der Waals surface area contributed by atoms with E-state index in [9.17, 15) is 18.0 Å². The van der Waals surface area contributed by atoms with Crippen molar-refractivity contribution in [3.63, 3.8) is 0 Å². The van der Waals surface area contributed by atoms with Crippen molar-refractivity contribution in [2.75, 3.05) is 18.4 Å². The Morgan fingerprint density at radius 2 is 2.16 bits per heavy atom. The van der Waals surface area contributed by atoms with E-state index in [1.807, 2.05) is 6.92 Å². The number of halogens is 3. The molecule has 0 aromatic carbocycles. The first-order chi connectivity index (χ1) is 8.92. The molecule has 7 heteroatoms. The molecule has 0 aliphatic heterocycles. The smallest absolute Gasteiger partial charge is 0.385 e. The summed E-state index contributed by atoms with van der Waals surface area (Å²) in [7, 11) is 0. The molecule has 0 aliphatic rings. The monoisotopic (exact) mass is 275 g/mol. The third-order valence-electron chi connectivity index (χ3n) is 2.30. The molecule has 106 valence electrons. The summed E-state index contributed by atoms with van der Waals surface area (Å²) in [5, 5.41) is 5.43. The third kappa shape index (κ3) is 6.08. The second-order valence-corrected chi connectivity index (χ2v) is 3.93. The molecule has 1 aromatic heterocycles. The van der Waals surface area contributed by atoms with Gasteiger partial charge >= 0.3 is 6.18 Å². The van der Waals surface area contributed by atoms with Crippen molar-refractivity contribution in [1.29, 1.82) is 0 Å². The molecule has 0 aliphatic carbocycles. The number of rotatable bonds is 6. The Kier molecular flexibility index (Phi) is 5.59. The quantitative estimate of drug-likeness (QED) is 0.785. The number of anilines is 1. The van der Waals surface area contributed by atoms with Gasteiger partial charge in [0.25, 0.3) is 5.91 Å². The van der Waals surface area contributed by atoms with Crippen molar-refractivity contribution in [2.45, 2.75) is 25.9 Å². The second kappa shape index (κ2) is 6.96. The van der Waals surface area contributed by atoms with Crippen LogP contribution in [0.5, 0.6) is 0 Å². The highest BCUT2D eigenvalue weighted by molar-refractivity contribution is 5.93. The van der Waals surface area contributed by atoms with Crippen molar-refractivity contribution in [2.24, 2.45) is 0 Å². The van der Waals surface area contributed by atoms with Crippen LogP contribution in [0.2, 0.25) is 0 Å². The maximum absolute atomic E-state index is 11.9. The highest BCUT2D eigenvalue weighted by Gasteiger charge is 2.26. The molecule has 1 heterocycles. The molecular formula is C12H16F3N3O. The molecule has 0 saturated heterocycles. The van der Waals surface area contributed by atoms with Crippen LogP contribution >= 0.6 is 0 Å². The second-order valence-electron chi connectivity index (χ2n) is 3.93. The van der Waals surface area contributed by atoms with Gasteiger partial charge in [0.2, 0.25) is 0 Å². The number of carbonyl (C=O) groups is 1. The lowest BCUT2D eigenvalue weighted by molar-refractivity contribution is -0.135. The van der Waals surface area contributed by atoms with Crippen LogP contribution in [0.3, 0.4) is 0 Å². The van der Waals surface area contributed by atoms with Gasteiger partial charge in [0.05, 0.1) is 0 Å². The summed E-state index contributed by atoms with van der Waals surface area (Å²) in [4.78, 5) is 15.5. The third-order valence-corrected chi connectivity index (χ3v) is 2.30. The first-order valence-electron chi connectivity index (χ1n) is 5.97. The van der Waals surface area contributed by atoms with Crippen LogP contribution in [-0.4, -0.2) is 30.2 Å². The van der Waals surface area contributed by atoms with Gasteiger partial charge in [-0.05, 0) is 25.5 Å². The van der Waals surface area contributed by atoms with E-state index in [1.54, 1.807) is 12.1 Å². The molecule has 0 unspecified atom stereocenters. The fourth-order valence-electron chi connectivity index (χ4n) is 1.45. The van der Waals surface area contributed by atoms with E-state index in [4.69, 9.17) is 0 Å². The normalized spacial score (nSPS) is 11.2. The van der Waals surface area contributed by atoms with Gasteiger partial charge < -0.3 is 10.6 Å². The van der Waals surface area contributed by atoms with E-state index < -0.39 is 18.5 Å². The van der Waals surface area contributed by atoms with Crippen LogP contribution in [-0.2, 0) is 0 Å². The highest BCUT2D eigenvalue weighted by Crippen LogP contribution is 2.20. The molecule has 1 aromatic rings. The van der Waals surface area contributed by atoms with Gasteiger partial charge in [0.15, 0.2) is 0 Å². The van der Waals surface area contributed by atoms with E-state index in [0.29, 0.717) is 6.54 Å². The Labute approximate surface area is 109 Å². The Balaban J connectivity index is 2.43. The number of carbonyl (C=O) groups excluding carboxylic acids is 1. The van der Waals surface area contributed by atoms with E-state index in [1.165, 1.54) is 6.20 Å². The van der Waals surface area contributed by atoms with E-state index in [2.05, 4.69) is 15.6 Å². The van der Waals surface area contributed by atoms with E-state index in [0.717, 1.165) is 5.69 Å². The summed E-state index contributed by atoms with van der Waals surface area (Å²) in [5.74, 6) is -0.470. The Morgan fingerprint density at radius 3 is 2.79 bits per heavy atom. The Hall–Kier alpha value is -1.79. The van der Waals surface area contributed by atoms with Gasteiger partial charge in [-0.15, -0.1) is 0 Å². The highest BCUT2D eigenvalue weighted by atomic mass is 19.4. The predicted octanol–water partition coefficient (Wildman–Crippen LogP) is 2.59. The maximum Gasteiger partial charge on any atom is 0.389 e. The summed E-state index contributed by atoms with van der Waals surface area (Å²) in [6, 6.07) is 3.27. The standard InChI is InChI=1S/C12H16F3N3O/c1-2-16-9-4-7-17-10(8-9)11(19)18-6-3-5-12(13,14)15/h4,7-8H,2-3,5-6H2,1H3,(H,16,17)(H,18,19). The van der Waals surface area contributed by atoms with Crippen LogP contribution in [0.15, 0.2) is 18.3 Å². The van der Waals surface area contributed by atoms with Crippen molar-refractivity contribution < 1.29 is 18.0 Å². The first kappa shape index (κ1) is 15.3. The largest absolute Gasteiger partial charge is 0.389 e. The molecule has 0 atom stereocenters. The molecule has 0 spiro atoms. The summed E-state index contributed by atoms with van der Waals surface area (Å²) in [5.41, 5.74) is 0.934. The summed E-state index contributed by atoms with van der Waals surface area (Å²) >= 11 is 0. The van der Waals surface area contributed by atoms with Gasteiger partial charge in [-0.1, -0.05) is 0 Å². The SMILES string of the molecule is CCNc1ccnc(C(=O)NCCCC(F)(F)F)c1. The topological polar surface area (TPSA) is 54.0 Å². The lowest BCUT2D eigenvalue weighted by Crippen LogP contribution is -2.26. The van der Waals surface area contributed by atoms with Gasteiger partial charge in [-0.3, -0.25) is 9.78 Å². The van der Waals surface area contributed by atoms with Gasteiger partial charge in [0.1, 0.15) is 5.69 Å². The van der Waals surface area contributed by atoms with Crippen LogP contribution in [0.1, 0.15) is 30.3 Å². The maximum atomic E-state index is 11.9. The molecule has 4 nitrogen and oxygen atoms in total. The summed E-state index contributed by atoms with van der Waals surface area (Å²) in [6.07, 6.45) is -3.75. The molecule has 0 saturated carbocycles. The minimum Gasteiger partial charge on any atom is -0.385 e. The summed E-state index contributed by atoms with van der Waals surface area (Å²) < 4.78 is 35.7. The molecule has 0 radical (unpaired) electrons. The minimum absolute atomic E-state index is 0.0224. The number of pyridine rings is 1. The molecule has 2 N–H and O–H groups in total. The average Bonchev–Trinajstić information content (AvgIpc) is 2.34. The Bertz CT molecular complexity index is 421. The number of hydrogen-bond acceptors (Lipinski definition) is 3. The predicted molar refractivity (Wildman–Crippen MR) is 66.0 cm³/mol. The van der Waals surface area contributed by atoms with Gasteiger partial charge in [-0.25, -0.2) is 0 Å². The lowest BCUT2D eigenvalue weighted by atomic mass is 10.2. The molecule has 19 heavy (non-hydrogen) atoms. The average molecular weight is 275 g/mol. The molecular weight excluding hydrogens is 259 g/mol. The van der Waals surface area contributed by atoms with E-state index >= 15 is 0 Å². The summed E-state index contributed by atoms with van der Waals surface area (Å²) in [6.45, 7) is 2.60. The number of aromatic nitrogens is 1.